The van der Waals surface area contributed by atoms with Crippen molar-refractivity contribution in [2.75, 3.05) is 13.1 Å². The van der Waals surface area contributed by atoms with Crippen molar-refractivity contribution in [3.05, 3.63) is 76.5 Å². The molecule has 2 aromatic rings. The maximum absolute atomic E-state index is 13.1. The smallest absolute Gasteiger partial charge is 0.390 e. The minimum absolute atomic E-state index is 0.0574. The third-order valence-electron chi connectivity index (χ3n) is 7.36. The van der Waals surface area contributed by atoms with Gasteiger partial charge in [0.2, 0.25) is 0 Å². The van der Waals surface area contributed by atoms with Gasteiger partial charge in [-0.3, -0.25) is 15.3 Å². The summed E-state index contributed by atoms with van der Waals surface area (Å²) in [7, 11) is 0. The largest absolute Gasteiger partial charge is 0.400 e. The highest BCUT2D eigenvalue weighted by Gasteiger charge is 2.31. The Morgan fingerprint density at radius 3 is 2.55 bits per heavy atom. The Labute approximate surface area is 235 Å². The van der Waals surface area contributed by atoms with E-state index in [1.165, 1.54) is 0 Å². The molecule has 216 valence electrons. The van der Waals surface area contributed by atoms with Crippen LogP contribution >= 0.6 is 0 Å². The zero-order chi connectivity index (χ0) is 29.4. The fourth-order valence-electron chi connectivity index (χ4n) is 4.69. The standard InChI is InChI=1S/C31H40F3N5O/c1-5-22(4)23-10-12-24(13-11-23)29(36)39(16-15-31(32,33)34)30(40)37-19-27(35)26-14-9-21(3)18-28(26)38-25-8-6-7-20(2)17-25/h6-8,10-13,17,21-22,36H,5,9,14-16,18-19,35H2,1-4H3,(H,37,40)/b27-26-,36-29?,38-28?. The third kappa shape index (κ3) is 8.69. The topological polar surface area (TPSA) is 94.6 Å². The van der Waals surface area contributed by atoms with Crippen LogP contribution in [0, 0.1) is 18.3 Å². The Bertz CT molecular complexity index is 1250. The number of alkyl halides is 3. The van der Waals surface area contributed by atoms with Crippen LogP contribution < -0.4 is 11.1 Å². The lowest BCUT2D eigenvalue weighted by molar-refractivity contribution is -0.135. The molecule has 9 heteroatoms. The second-order valence-electron chi connectivity index (χ2n) is 10.7. The summed E-state index contributed by atoms with van der Waals surface area (Å²) in [5.41, 5.74) is 11.9. The van der Waals surface area contributed by atoms with Crippen molar-refractivity contribution in [1.29, 1.82) is 5.41 Å². The molecule has 3 rings (SSSR count). The van der Waals surface area contributed by atoms with Gasteiger partial charge in [-0.1, -0.05) is 57.2 Å². The quantitative estimate of drug-likeness (QED) is 0.231. The van der Waals surface area contributed by atoms with Gasteiger partial charge in [0, 0.05) is 23.5 Å². The number of urea groups is 1. The van der Waals surface area contributed by atoms with Crippen LogP contribution in [0.2, 0.25) is 0 Å². The first kappa shape index (κ1) is 30.9. The van der Waals surface area contributed by atoms with E-state index in [4.69, 9.17) is 16.1 Å². The lowest BCUT2D eigenvalue weighted by Crippen LogP contribution is -2.46. The number of hydrogen-bond acceptors (Lipinski definition) is 4. The molecule has 1 saturated carbocycles. The lowest BCUT2D eigenvalue weighted by atomic mass is 9.84. The summed E-state index contributed by atoms with van der Waals surface area (Å²) in [4.78, 5) is 18.8. The number of carbonyl (C=O) groups excluding carboxylic acids is 1. The highest BCUT2D eigenvalue weighted by molar-refractivity contribution is 6.06. The zero-order valence-electron chi connectivity index (χ0n) is 23.7. The van der Waals surface area contributed by atoms with Gasteiger partial charge in [-0.15, -0.1) is 0 Å². The molecule has 0 aromatic heterocycles. The van der Waals surface area contributed by atoms with Gasteiger partial charge >= 0.3 is 12.2 Å². The van der Waals surface area contributed by atoms with Crippen LogP contribution in [-0.2, 0) is 0 Å². The number of carbonyl (C=O) groups is 1. The number of halogens is 3. The fraction of sp³-hybridized carbons (Fsp3) is 0.452. The van der Waals surface area contributed by atoms with Gasteiger partial charge in [0.15, 0.2) is 0 Å². The second kappa shape index (κ2) is 13.6. The molecule has 0 spiro atoms. The molecule has 0 heterocycles. The lowest BCUT2D eigenvalue weighted by Gasteiger charge is -2.26. The average molecular weight is 556 g/mol. The number of nitrogens with two attached hydrogens (primary N) is 1. The van der Waals surface area contributed by atoms with Crippen LogP contribution in [0.4, 0.5) is 23.7 Å². The molecule has 1 fully saturated rings. The van der Waals surface area contributed by atoms with E-state index < -0.39 is 25.2 Å². The van der Waals surface area contributed by atoms with Crippen LogP contribution in [-0.4, -0.2) is 41.7 Å². The highest BCUT2D eigenvalue weighted by atomic mass is 19.4. The zero-order valence-corrected chi connectivity index (χ0v) is 23.7. The molecule has 0 bridgehead atoms. The van der Waals surface area contributed by atoms with Crippen molar-refractivity contribution in [2.24, 2.45) is 16.6 Å². The van der Waals surface area contributed by atoms with E-state index >= 15 is 0 Å². The van der Waals surface area contributed by atoms with Gasteiger partial charge in [-0.25, -0.2) is 4.79 Å². The molecule has 0 saturated heterocycles. The minimum atomic E-state index is -4.47. The SMILES string of the molecule is CCC(C)c1ccc(C(=N)N(CCC(F)(F)F)C(=O)NC/C(N)=C2\CCC(C)CC2=Nc2cccc(C)c2)cc1. The molecule has 4 N–H and O–H groups in total. The van der Waals surface area contributed by atoms with Crippen molar-refractivity contribution in [3.63, 3.8) is 0 Å². The number of aryl methyl sites for hydroxylation is 1. The third-order valence-corrected chi connectivity index (χ3v) is 7.36. The monoisotopic (exact) mass is 555 g/mol. The average Bonchev–Trinajstić information content (AvgIpc) is 2.90. The maximum atomic E-state index is 13.1. The summed E-state index contributed by atoms with van der Waals surface area (Å²) in [6, 6.07) is 14.1. The number of allylic oxidation sites excluding steroid dienone is 1. The number of nitrogens with zero attached hydrogens (tertiary/aromatic N) is 2. The second-order valence-corrected chi connectivity index (χ2v) is 10.7. The number of hydrogen-bond donors (Lipinski definition) is 3. The highest BCUT2D eigenvalue weighted by Crippen LogP contribution is 2.29. The van der Waals surface area contributed by atoms with E-state index in [1.54, 1.807) is 12.1 Å². The predicted octanol–water partition coefficient (Wildman–Crippen LogP) is 7.60. The molecule has 1 aliphatic rings. The molecule has 2 unspecified atom stereocenters. The Hall–Kier alpha value is -3.62. The molecular weight excluding hydrogens is 515 g/mol. The minimum Gasteiger partial charge on any atom is -0.400 e. The molecule has 2 aromatic carbocycles. The van der Waals surface area contributed by atoms with Crippen molar-refractivity contribution in [1.82, 2.24) is 10.2 Å². The molecule has 0 aliphatic heterocycles. The van der Waals surface area contributed by atoms with Gasteiger partial charge in [0.25, 0.3) is 0 Å². The van der Waals surface area contributed by atoms with E-state index in [-0.39, 0.29) is 12.4 Å². The first-order chi connectivity index (χ1) is 18.9. The maximum Gasteiger partial charge on any atom is 0.390 e. The molecule has 2 atom stereocenters. The molecule has 40 heavy (non-hydrogen) atoms. The Morgan fingerprint density at radius 2 is 1.93 bits per heavy atom. The van der Waals surface area contributed by atoms with E-state index in [9.17, 15) is 18.0 Å². The first-order valence-corrected chi connectivity index (χ1v) is 13.8. The molecule has 1 aliphatic carbocycles. The van der Waals surface area contributed by atoms with Gasteiger partial charge in [0.05, 0.1) is 18.7 Å². The van der Waals surface area contributed by atoms with Crippen molar-refractivity contribution in [2.45, 2.75) is 71.9 Å². The number of amidine groups is 1. The Balaban J connectivity index is 1.80. The van der Waals surface area contributed by atoms with Gasteiger partial charge in [0.1, 0.15) is 5.84 Å². The van der Waals surface area contributed by atoms with Gasteiger partial charge < -0.3 is 11.1 Å². The normalized spacial score (nSPS) is 18.8. The van der Waals surface area contributed by atoms with Gasteiger partial charge in [-0.05, 0) is 73.3 Å². The van der Waals surface area contributed by atoms with Crippen LogP contribution in [0.3, 0.4) is 0 Å². The summed E-state index contributed by atoms with van der Waals surface area (Å²) in [5, 5.41) is 11.2. The Kier molecular flexibility index (Phi) is 10.5. The summed E-state index contributed by atoms with van der Waals surface area (Å²) in [6.45, 7) is 7.56. The Morgan fingerprint density at radius 1 is 1.23 bits per heavy atom. The van der Waals surface area contributed by atoms with Crippen LogP contribution in [0.1, 0.15) is 75.5 Å². The van der Waals surface area contributed by atoms with E-state index in [0.717, 1.165) is 52.3 Å². The summed E-state index contributed by atoms with van der Waals surface area (Å²) < 4.78 is 39.3. The summed E-state index contributed by atoms with van der Waals surface area (Å²) >= 11 is 0. The van der Waals surface area contributed by atoms with Crippen molar-refractivity contribution in [3.8, 4) is 0 Å². The number of benzene rings is 2. The van der Waals surface area contributed by atoms with Crippen molar-refractivity contribution < 1.29 is 18.0 Å². The number of nitrogens with one attached hydrogen (secondary N) is 2. The van der Waals surface area contributed by atoms with E-state index in [0.29, 0.717) is 29.5 Å². The van der Waals surface area contributed by atoms with Crippen LogP contribution in [0.25, 0.3) is 0 Å². The van der Waals surface area contributed by atoms with Crippen LogP contribution in [0.5, 0.6) is 0 Å². The molecule has 6 nitrogen and oxygen atoms in total. The molecule has 0 radical (unpaired) electrons. The number of rotatable bonds is 8. The first-order valence-electron chi connectivity index (χ1n) is 13.8. The van der Waals surface area contributed by atoms with Gasteiger partial charge in [-0.2, -0.15) is 13.2 Å². The van der Waals surface area contributed by atoms with Crippen LogP contribution in [0.15, 0.2) is 64.8 Å². The van der Waals surface area contributed by atoms with E-state index in [1.807, 2.05) is 43.3 Å². The summed E-state index contributed by atoms with van der Waals surface area (Å²) in [6.07, 6.45) is -2.40. The van der Waals surface area contributed by atoms with E-state index in [2.05, 4.69) is 26.1 Å². The number of amides is 2. The van der Waals surface area contributed by atoms with Crippen molar-refractivity contribution >= 4 is 23.3 Å². The fourth-order valence-corrected chi connectivity index (χ4v) is 4.69. The molecule has 2 amide bonds. The summed E-state index contributed by atoms with van der Waals surface area (Å²) in [5.74, 6) is 0.447. The number of aliphatic imine (C=N–C) groups is 1. The molecular formula is C31H40F3N5O. The predicted molar refractivity (Wildman–Crippen MR) is 155 cm³/mol.